The molecule has 0 saturated carbocycles. The van der Waals surface area contributed by atoms with Crippen LogP contribution in [-0.2, 0) is 0 Å². The van der Waals surface area contributed by atoms with Crippen LogP contribution in [0.15, 0.2) is 181 Å². The summed E-state index contributed by atoms with van der Waals surface area (Å²) in [5.41, 5.74) is -5.19. The summed E-state index contributed by atoms with van der Waals surface area (Å²) in [5.74, 6) is 0. The van der Waals surface area contributed by atoms with Crippen molar-refractivity contribution >= 4 is 64.6 Å². The number of fused-ring (bicyclic) bond motifs is 7. The molecule has 0 atom stereocenters. The highest BCUT2D eigenvalue weighted by atomic mass is 14.2. The normalized spacial score (nSPS) is 20.5. The summed E-state index contributed by atoms with van der Waals surface area (Å²) in [5, 5.41) is -8.73. The van der Waals surface area contributed by atoms with Crippen molar-refractivity contribution in [2.75, 3.05) is 0 Å². The SMILES string of the molecule is [2H]c1c([2H])c([2H])c2c(-c3c([2H])c([2H])c4c(-c5c([2H])c([2H])c6c(c5[2H])c([2H])c([2H])c5c([2H])c([2H])c([2H])c([2H])c56)c5c([2H])c([2H])c([2H])c([2H])c5c(-c5c([2H])c([2H])c([2H])c6c([2H])c([2H])c([2H])c([2H])c56)c4c3[2H])c([2H])c([2H])c([2H])c2c1[2H]. The lowest BCUT2D eigenvalue weighted by Gasteiger charge is -2.20. The van der Waals surface area contributed by atoms with Crippen LogP contribution < -0.4 is 0 Å². The van der Waals surface area contributed by atoms with Gasteiger partial charge in [-0.05, 0) is 110 Å². The van der Waals surface area contributed by atoms with Gasteiger partial charge in [0.15, 0.2) is 0 Å². The van der Waals surface area contributed by atoms with Gasteiger partial charge in [0.25, 0.3) is 0 Å². The maximum absolute atomic E-state index is 10.3. The zero-order chi connectivity index (χ0) is 57.7. The lowest BCUT2D eigenvalue weighted by molar-refractivity contribution is 1.66. The molecule has 0 nitrogen and oxygen atoms in total. The molecule has 0 radical (unpaired) electrons. The van der Waals surface area contributed by atoms with Crippen molar-refractivity contribution in [1.82, 2.24) is 0 Å². The summed E-state index contributed by atoms with van der Waals surface area (Å²) in [6.07, 6.45) is 0. The van der Waals surface area contributed by atoms with Crippen molar-refractivity contribution in [3.05, 3.63) is 181 Å². The highest BCUT2D eigenvalue weighted by molar-refractivity contribution is 6.24. The van der Waals surface area contributed by atoms with Crippen LogP contribution >= 0.6 is 0 Å². The van der Waals surface area contributed by atoms with E-state index in [4.69, 9.17) is 24.7 Å². The number of hydrogen-bond acceptors (Lipinski definition) is 0. The van der Waals surface area contributed by atoms with Crippen LogP contribution in [0.5, 0.6) is 0 Å². The molecule has 0 unspecified atom stereocenters. The van der Waals surface area contributed by atoms with Gasteiger partial charge in [-0.3, -0.25) is 0 Å². The lowest BCUT2D eigenvalue weighted by Crippen LogP contribution is -1.93. The molecule has 10 aromatic rings. The molecule has 0 saturated heterocycles. The summed E-state index contributed by atoms with van der Waals surface area (Å²) in [4.78, 5) is 0. The number of benzene rings is 10. The van der Waals surface area contributed by atoms with E-state index >= 15 is 0 Å². The van der Waals surface area contributed by atoms with Crippen molar-refractivity contribution in [1.29, 1.82) is 0 Å². The standard InChI is InChI=1S/C48H30/c1-4-16-37-31(11-1)14-9-21-40(37)35-25-28-45-46(30-35)48(42-22-10-15-32-12-2-6-18-39(32)42)44-20-8-7-19-43(44)47(45)36-26-27-41-34(29-36)24-23-33-13-3-5-17-38(33)41/h1-30H/i1D,2D,3D,4D,5D,6D,7D,8D,9D,10D,11D,12D,13D,14D,15D,16D,17D,18D,19D,20D,21D,22D,23D,24D,25D,26D,27D,28D,29D,30D. The first-order valence-electron chi connectivity index (χ1n) is 29.2. The van der Waals surface area contributed by atoms with Gasteiger partial charge in [0.05, 0.1) is 41.1 Å². The first-order chi connectivity index (χ1) is 36.3. The molecule has 0 spiro atoms. The lowest BCUT2D eigenvalue weighted by atomic mass is 9.83. The fourth-order valence-electron chi connectivity index (χ4n) is 5.88. The highest BCUT2D eigenvalue weighted by Crippen LogP contribution is 2.47. The Hall–Kier alpha value is -6.24. The molecule has 0 amide bonds. The molecule has 0 aliphatic rings. The zero-order valence-corrected chi connectivity index (χ0v) is 24.0. The first-order valence-corrected chi connectivity index (χ1v) is 14.2. The molecule has 0 aliphatic heterocycles. The summed E-state index contributed by atoms with van der Waals surface area (Å²) >= 11 is 0. The predicted molar refractivity (Wildman–Crippen MR) is 208 cm³/mol. The minimum Gasteiger partial charge on any atom is -0.0616 e. The number of rotatable bonds is 3. The smallest absolute Gasteiger partial charge is 0.0616 e. The molecule has 0 fully saturated rings. The second-order valence-electron chi connectivity index (χ2n) is 10.5. The third kappa shape index (κ3) is 4.10. The molecule has 10 rings (SSSR count). The number of hydrogen-bond donors (Lipinski definition) is 0. The van der Waals surface area contributed by atoms with Crippen molar-refractivity contribution in [2.24, 2.45) is 0 Å². The molecule has 222 valence electrons. The van der Waals surface area contributed by atoms with E-state index in [1.165, 1.54) is 0 Å². The Kier molecular flexibility index (Phi) is 2.36. The van der Waals surface area contributed by atoms with Crippen LogP contribution in [0.2, 0.25) is 0 Å². The van der Waals surface area contributed by atoms with Gasteiger partial charge >= 0.3 is 0 Å². The predicted octanol–water partition coefficient (Wildman–Crippen LogP) is 13.6. The van der Waals surface area contributed by atoms with Crippen LogP contribution in [0, 0.1) is 0 Å². The average molecular weight is 637 g/mol. The summed E-state index contributed by atoms with van der Waals surface area (Å²) < 4.78 is 273. The molecular weight excluding hydrogens is 577 g/mol. The van der Waals surface area contributed by atoms with Crippen molar-refractivity contribution in [3.63, 3.8) is 0 Å². The van der Waals surface area contributed by atoms with E-state index in [0.29, 0.717) is 0 Å². The summed E-state index contributed by atoms with van der Waals surface area (Å²) in [6, 6.07) is -29.4. The first kappa shape index (κ1) is 10.6. The Labute approximate surface area is 321 Å². The van der Waals surface area contributed by atoms with Gasteiger partial charge in [-0.1, -0.05) is 169 Å². The molecule has 0 N–H and O–H groups in total. The van der Waals surface area contributed by atoms with Gasteiger partial charge in [-0.25, -0.2) is 0 Å². The van der Waals surface area contributed by atoms with E-state index in [0.717, 1.165) is 0 Å². The highest BCUT2D eigenvalue weighted by Gasteiger charge is 2.19. The molecule has 0 heteroatoms. The summed E-state index contributed by atoms with van der Waals surface area (Å²) in [7, 11) is 0. The quantitative estimate of drug-likeness (QED) is 0.134. The topological polar surface area (TPSA) is 0 Å². The third-order valence-electron chi connectivity index (χ3n) is 7.94. The molecule has 0 aromatic heterocycles. The molecule has 0 bridgehead atoms. The van der Waals surface area contributed by atoms with E-state index in [-0.39, 0.29) is 0 Å². The fraction of sp³-hybridized carbons (Fsp3) is 0. The maximum atomic E-state index is 10.3. The molecule has 10 aromatic carbocycles. The van der Waals surface area contributed by atoms with Gasteiger partial charge in [0, 0.05) is 0 Å². The third-order valence-corrected chi connectivity index (χ3v) is 7.94. The van der Waals surface area contributed by atoms with Crippen molar-refractivity contribution in [3.8, 4) is 33.4 Å². The Morgan fingerprint density at radius 2 is 0.708 bits per heavy atom. The van der Waals surface area contributed by atoms with E-state index in [1.54, 1.807) is 0 Å². The van der Waals surface area contributed by atoms with E-state index in [9.17, 15) is 16.4 Å². The van der Waals surface area contributed by atoms with E-state index in [1.807, 2.05) is 0 Å². The monoisotopic (exact) mass is 636 g/mol. The van der Waals surface area contributed by atoms with E-state index in [2.05, 4.69) is 0 Å². The second-order valence-corrected chi connectivity index (χ2v) is 10.5. The van der Waals surface area contributed by atoms with Gasteiger partial charge < -0.3 is 0 Å². The maximum Gasteiger partial charge on any atom is 0.0636 e. The minimum absolute atomic E-state index is 0.553. The average Bonchev–Trinajstić information content (AvgIpc) is 3.34. The molecular formula is C48H30. The van der Waals surface area contributed by atoms with Crippen LogP contribution in [0.1, 0.15) is 41.1 Å². The zero-order valence-electron chi connectivity index (χ0n) is 54.0. The fourth-order valence-corrected chi connectivity index (χ4v) is 5.88. The molecule has 48 heavy (non-hydrogen) atoms. The Morgan fingerprint density at radius 1 is 0.250 bits per heavy atom. The van der Waals surface area contributed by atoms with Gasteiger partial charge in [0.1, 0.15) is 0 Å². The second kappa shape index (κ2) is 10.7. The summed E-state index contributed by atoms with van der Waals surface area (Å²) in [6.45, 7) is 0. The molecule has 0 heterocycles. The van der Waals surface area contributed by atoms with Crippen molar-refractivity contribution < 1.29 is 41.1 Å². The van der Waals surface area contributed by atoms with Crippen LogP contribution in [0.25, 0.3) is 98.0 Å². The van der Waals surface area contributed by atoms with Gasteiger partial charge in [-0.2, -0.15) is 0 Å². The minimum atomic E-state index is -1.16. The van der Waals surface area contributed by atoms with Crippen molar-refractivity contribution in [2.45, 2.75) is 0 Å². The Balaban J connectivity index is 1.62. The van der Waals surface area contributed by atoms with Crippen LogP contribution in [-0.4, -0.2) is 0 Å². The Bertz CT molecular complexity index is 4580. The molecule has 0 aliphatic carbocycles. The van der Waals surface area contributed by atoms with Crippen LogP contribution in [0.4, 0.5) is 0 Å². The van der Waals surface area contributed by atoms with Gasteiger partial charge in [0.2, 0.25) is 0 Å². The van der Waals surface area contributed by atoms with E-state index < -0.39 is 279 Å². The Morgan fingerprint density at radius 3 is 1.44 bits per heavy atom. The van der Waals surface area contributed by atoms with Gasteiger partial charge in [-0.15, -0.1) is 0 Å². The van der Waals surface area contributed by atoms with Crippen LogP contribution in [0.3, 0.4) is 0 Å². The largest absolute Gasteiger partial charge is 0.0636 e.